The quantitative estimate of drug-likeness (QED) is 0.586. The van der Waals surface area contributed by atoms with E-state index in [0.717, 1.165) is 16.9 Å². The molecule has 0 unspecified atom stereocenters. The van der Waals surface area contributed by atoms with E-state index >= 15 is 0 Å². The second kappa shape index (κ2) is 5.68. The van der Waals surface area contributed by atoms with Crippen molar-refractivity contribution in [3.8, 4) is 16.9 Å². The first-order valence-electron chi connectivity index (χ1n) is 6.39. The zero-order valence-electron chi connectivity index (χ0n) is 11.2. The number of nitrogens with zero attached hydrogens (tertiary/aromatic N) is 1. The zero-order chi connectivity index (χ0) is 15.0. The highest BCUT2D eigenvalue weighted by molar-refractivity contribution is 7.71. The largest absolute Gasteiger partial charge is 0.336 e. The lowest BCUT2D eigenvalue weighted by Gasteiger charge is -2.09. The van der Waals surface area contributed by atoms with Gasteiger partial charge in [-0.15, -0.1) is 0 Å². The summed E-state index contributed by atoms with van der Waals surface area (Å²) in [5.41, 5.74) is 4.12. The second-order valence-corrected chi connectivity index (χ2v) is 5.98. The molecule has 106 valence electrons. The molecule has 0 saturated carbocycles. The van der Waals surface area contributed by atoms with Gasteiger partial charge in [-0.1, -0.05) is 47.0 Å². The van der Waals surface area contributed by atoms with E-state index in [4.69, 9.17) is 35.4 Å². The number of benzene rings is 2. The van der Waals surface area contributed by atoms with Crippen LogP contribution in [-0.2, 0) is 0 Å². The van der Waals surface area contributed by atoms with Gasteiger partial charge in [0.25, 0.3) is 0 Å². The number of nitrogens with one attached hydrogen (secondary N) is 1. The average Bonchev–Trinajstić information content (AvgIpc) is 2.85. The molecular formula is C16H12Cl2N2S. The Labute approximate surface area is 138 Å². The van der Waals surface area contributed by atoms with Crippen LogP contribution in [0.4, 0.5) is 0 Å². The molecule has 0 amide bonds. The summed E-state index contributed by atoms with van der Waals surface area (Å²) >= 11 is 17.5. The number of rotatable bonds is 2. The van der Waals surface area contributed by atoms with Crippen LogP contribution in [0.15, 0.2) is 48.7 Å². The Hall–Kier alpha value is -1.55. The van der Waals surface area contributed by atoms with E-state index in [0.29, 0.717) is 14.8 Å². The summed E-state index contributed by atoms with van der Waals surface area (Å²) < 4.78 is 2.62. The van der Waals surface area contributed by atoms with Gasteiger partial charge in [0.15, 0.2) is 4.77 Å². The maximum atomic E-state index is 6.11. The van der Waals surface area contributed by atoms with Gasteiger partial charge in [-0.05, 0) is 43.4 Å². The molecule has 3 aromatic rings. The molecule has 1 N–H and O–H groups in total. The molecule has 2 nitrogen and oxygen atoms in total. The first kappa shape index (κ1) is 14.4. The van der Waals surface area contributed by atoms with Gasteiger partial charge in [0.05, 0.1) is 15.7 Å². The summed E-state index contributed by atoms with van der Waals surface area (Å²) in [6.07, 6.45) is 1.88. The van der Waals surface area contributed by atoms with Crippen molar-refractivity contribution in [2.24, 2.45) is 0 Å². The fraction of sp³-hybridized carbons (Fsp3) is 0.0625. The minimum Gasteiger partial charge on any atom is -0.336 e. The van der Waals surface area contributed by atoms with Crippen molar-refractivity contribution < 1.29 is 0 Å². The minimum absolute atomic E-state index is 0.525. The summed E-state index contributed by atoms with van der Waals surface area (Å²) in [7, 11) is 0. The maximum Gasteiger partial charge on any atom is 0.182 e. The third-order valence-corrected chi connectivity index (χ3v) is 4.32. The monoisotopic (exact) mass is 334 g/mol. The number of imidazole rings is 1. The molecule has 21 heavy (non-hydrogen) atoms. The van der Waals surface area contributed by atoms with E-state index < -0.39 is 0 Å². The predicted molar refractivity (Wildman–Crippen MR) is 91.1 cm³/mol. The van der Waals surface area contributed by atoms with Crippen LogP contribution in [0.2, 0.25) is 10.0 Å². The van der Waals surface area contributed by atoms with Crippen molar-refractivity contribution in [1.29, 1.82) is 0 Å². The Morgan fingerprint density at radius 2 is 1.71 bits per heavy atom. The highest BCUT2D eigenvalue weighted by atomic mass is 35.5. The SMILES string of the molecule is Cc1ccc(-n2c(-c3ccc(Cl)c(Cl)c3)c[nH]c2=S)cc1. The molecule has 1 aromatic heterocycles. The van der Waals surface area contributed by atoms with E-state index in [-0.39, 0.29) is 0 Å². The van der Waals surface area contributed by atoms with Crippen LogP contribution < -0.4 is 0 Å². The number of halogens is 2. The number of hydrogen-bond donors (Lipinski definition) is 1. The molecule has 0 aliphatic rings. The lowest BCUT2D eigenvalue weighted by Crippen LogP contribution is -1.97. The third-order valence-electron chi connectivity index (χ3n) is 3.28. The molecule has 0 fully saturated rings. The zero-order valence-corrected chi connectivity index (χ0v) is 13.6. The average molecular weight is 335 g/mol. The van der Waals surface area contributed by atoms with Crippen molar-refractivity contribution in [2.45, 2.75) is 6.92 Å². The van der Waals surface area contributed by atoms with Gasteiger partial charge >= 0.3 is 0 Å². The summed E-state index contributed by atoms with van der Waals surface area (Å²) in [5, 5.41) is 1.06. The molecule has 0 aliphatic carbocycles. The topological polar surface area (TPSA) is 20.7 Å². The van der Waals surface area contributed by atoms with Crippen LogP contribution in [0, 0.1) is 11.7 Å². The van der Waals surface area contributed by atoms with Crippen LogP contribution in [0.5, 0.6) is 0 Å². The Balaban J connectivity index is 2.19. The van der Waals surface area contributed by atoms with E-state index in [2.05, 4.69) is 24.0 Å². The van der Waals surface area contributed by atoms with E-state index in [1.165, 1.54) is 5.56 Å². The molecule has 0 aliphatic heterocycles. The Kier molecular flexibility index (Phi) is 3.89. The van der Waals surface area contributed by atoms with E-state index in [9.17, 15) is 0 Å². The van der Waals surface area contributed by atoms with Gasteiger partial charge in [-0.3, -0.25) is 4.57 Å². The van der Waals surface area contributed by atoms with Gasteiger partial charge in [0.2, 0.25) is 0 Å². The molecule has 1 heterocycles. The molecule has 0 radical (unpaired) electrons. The first-order valence-corrected chi connectivity index (χ1v) is 7.55. The van der Waals surface area contributed by atoms with Gasteiger partial charge in [-0.25, -0.2) is 0 Å². The molecule has 0 bridgehead atoms. The fourth-order valence-electron chi connectivity index (χ4n) is 2.19. The Morgan fingerprint density at radius 1 is 1.00 bits per heavy atom. The highest BCUT2D eigenvalue weighted by Gasteiger charge is 2.10. The first-order chi connectivity index (χ1) is 10.1. The molecule has 5 heteroatoms. The van der Waals surface area contributed by atoms with Crippen LogP contribution in [-0.4, -0.2) is 9.55 Å². The standard InChI is InChI=1S/C16H12Cl2N2S/c1-10-2-5-12(6-3-10)20-15(9-19-16(20)21)11-4-7-13(17)14(18)8-11/h2-9H,1H3,(H,19,21). The lowest BCUT2D eigenvalue weighted by atomic mass is 10.1. The van der Waals surface area contributed by atoms with Gasteiger partial charge in [-0.2, -0.15) is 0 Å². The molecule has 0 saturated heterocycles. The van der Waals surface area contributed by atoms with Gasteiger partial charge < -0.3 is 4.98 Å². The van der Waals surface area contributed by atoms with Crippen molar-refractivity contribution in [1.82, 2.24) is 9.55 Å². The van der Waals surface area contributed by atoms with Crippen molar-refractivity contribution in [2.75, 3.05) is 0 Å². The number of hydrogen-bond acceptors (Lipinski definition) is 1. The van der Waals surface area contributed by atoms with Crippen LogP contribution in [0.3, 0.4) is 0 Å². The second-order valence-electron chi connectivity index (χ2n) is 4.78. The summed E-state index contributed by atoms with van der Waals surface area (Å²) in [5.74, 6) is 0. The van der Waals surface area contributed by atoms with Crippen LogP contribution >= 0.6 is 35.4 Å². The third kappa shape index (κ3) is 2.77. The Morgan fingerprint density at radius 3 is 2.38 bits per heavy atom. The molecule has 0 spiro atoms. The highest BCUT2D eigenvalue weighted by Crippen LogP contribution is 2.30. The number of H-pyrrole nitrogens is 1. The summed E-state index contributed by atoms with van der Waals surface area (Å²) in [6.45, 7) is 2.06. The predicted octanol–water partition coefficient (Wildman–Crippen LogP) is 5.82. The van der Waals surface area contributed by atoms with Crippen molar-refractivity contribution >= 4 is 35.4 Å². The normalized spacial score (nSPS) is 10.8. The molecule has 3 rings (SSSR count). The smallest absolute Gasteiger partial charge is 0.182 e. The summed E-state index contributed by atoms with van der Waals surface area (Å²) in [4.78, 5) is 3.08. The van der Waals surface area contributed by atoms with E-state index in [1.807, 2.05) is 35.0 Å². The molecule has 0 atom stereocenters. The molecule has 2 aromatic carbocycles. The van der Waals surface area contributed by atoms with Gasteiger partial charge in [0.1, 0.15) is 0 Å². The summed E-state index contributed by atoms with van der Waals surface area (Å²) in [6, 6.07) is 13.8. The number of aryl methyl sites for hydroxylation is 1. The maximum absolute atomic E-state index is 6.11. The Bertz CT molecular complexity index is 847. The number of aromatic nitrogens is 2. The van der Waals surface area contributed by atoms with Crippen molar-refractivity contribution in [3.05, 3.63) is 69.0 Å². The van der Waals surface area contributed by atoms with Crippen LogP contribution in [0.25, 0.3) is 16.9 Å². The van der Waals surface area contributed by atoms with Crippen LogP contribution in [0.1, 0.15) is 5.56 Å². The van der Waals surface area contributed by atoms with E-state index in [1.54, 1.807) is 6.07 Å². The van der Waals surface area contributed by atoms with Gasteiger partial charge in [0, 0.05) is 17.4 Å². The fourth-order valence-corrected chi connectivity index (χ4v) is 2.75. The molecular weight excluding hydrogens is 323 g/mol. The van der Waals surface area contributed by atoms with Crippen molar-refractivity contribution in [3.63, 3.8) is 0 Å². The number of aromatic amines is 1. The minimum atomic E-state index is 0.525. The lowest BCUT2D eigenvalue weighted by molar-refractivity contribution is 1.04.